The summed E-state index contributed by atoms with van der Waals surface area (Å²) in [7, 11) is 0. The fourth-order valence-electron chi connectivity index (χ4n) is 1.40. The van der Waals surface area contributed by atoms with E-state index >= 15 is 0 Å². The summed E-state index contributed by atoms with van der Waals surface area (Å²) in [4.78, 5) is 26.6. The highest BCUT2D eigenvalue weighted by Crippen LogP contribution is 2.29. The molecule has 0 aliphatic carbocycles. The van der Waals surface area contributed by atoms with Crippen LogP contribution in [0.25, 0.3) is 0 Å². The summed E-state index contributed by atoms with van der Waals surface area (Å²) < 4.78 is 41.9. The predicted octanol–water partition coefficient (Wildman–Crippen LogP) is 2.25. The molecule has 0 atom stereocenters. The Morgan fingerprint density at radius 2 is 2.00 bits per heavy atom. The van der Waals surface area contributed by atoms with Crippen molar-refractivity contribution in [3.8, 4) is 0 Å². The number of nitrogens with one attached hydrogen (secondary N) is 2. The predicted molar refractivity (Wildman–Crippen MR) is 74.3 cm³/mol. The van der Waals surface area contributed by atoms with Crippen molar-refractivity contribution in [2.45, 2.75) is 11.2 Å². The van der Waals surface area contributed by atoms with Gasteiger partial charge in [-0.2, -0.15) is 13.2 Å². The van der Waals surface area contributed by atoms with Gasteiger partial charge in [0.1, 0.15) is 0 Å². The summed E-state index contributed by atoms with van der Waals surface area (Å²) in [6.45, 7) is 0. The van der Waals surface area contributed by atoms with Crippen molar-refractivity contribution in [1.82, 2.24) is 15.8 Å². The minimum Gasteiger partial charge on any atom is -0.459 e. The first kappa shape index (κ1) is 16.9. The molecule has 122 valence electrons. The van der Waals surface area contributed by atoms with Gasteiger partial charge in [0.05, 0.1) is 22.6 Å². The Balaban J connectivity index is 1.77. The molecule has 0 spiro atoms. The molecule has 2 N–H and O–H groups in total. The topological polar surface area (TPSA) is 84.2 Å². The summed E-state index contributed by atoms with van der Waals surface area (Å²) in [5, 5.41) is 0.255. The van der Waals surface area contributed by atoms with Crippen LogP contribution in [0.4, 0.5) is 13.2 Å². The lowest BCUT2D eigenvalue weighted by atomic mass is 10.3. The van der Waals surface area contributed by atoms with Gasteiger partial charge in [-0.25, -0.2) is 4.98 Å². The van der Waals surface area contributed by atoms with Gasteiger partial charge in [0.2, 0.25) is 5.91 Å². The third kappa shape index (κ3) is 5.02. The smallest absolute Gasteiger partial charge is 0.417 e. The molecule has 0 fully saturated rings. The number of aromatic nitrogens is 1. The summed E-state index contributed by atoms with van der Waals surface area (Å²) in [5.74, 6) is -1.27. The van der Waals surface area contributed by atoms with Gasteiger partial charge in [-0.3, -0.25) is 20.4 Å². The van der Waals surface area contributed by atoms with Gasteiger partial charge in [0.15, 0.2) is 5.76 Å². The van der Waals surface area contributed by atoms with E-state index in [2.05, 4.69) is 15.8 Å². The first-order valence-corrected chi connectivity index (χ1v) is 7.13. The Kier molecular flexibility index (Phi) is 5.27. The zero-order chi connectivity index (χ0) is 16.9. The van der Waals surface area contributed by atoms with Crippen LogP contribution in [0, 0.1) is 0 Å². The average molecular weight is 345 g/mol. The van der Waals surface area contributed by atoms with Crippen molar-refractivity contribution in [2.75, 3.05) is 5.75 Å². The number of furan rings is 1. The fraction of sp³-hybridized carbons (Fsp3) is 0.154. The lowest BCUT2D eigenvalue weighted by Gasteiger charge is -2.07. The van der Waals surface area contributed by atoms with E-state index in [9.17, 15) is 22.8 Å². The molecule has 23 heavy (non-hydrogen) atoms. The fourth-order valence-corrected chi connectivity index (χ4v) is 2.05. The van der Waals surface area contributed by atoms with E-state index in [-0.39, 0.29) is 16.5 Å². The van der Waals surface area contributed by atoms with Gasteiger partial charge in [-0.15, -0.1) is 0 Å². The van der Waals surface area contributed by atoms with Crippen molar-refractivity contribution in [3.05, 3.63) is 48.0 Å². The van der Waals surface area contributed by atoms with Crippen LogP contribution in [0.15, 0.2) is 46.2 Å². The number of amides is 2. The van der Waals surface area contributed by atoms with E-state index in [1.807, 2.05) is 0 Å². The van der Waals surface area contributed by atoms with Crippen LogP contribution in [0.1, 0.15) is 16.1 Å². The van der Waals surface area contributed by atoms with Gasteiger partial charge in [0, 0.05) is 6.20 Å². The van der Waals surface area contributed by atoms with Crippen molar-refractivity contribution >= 4 is 23.6 Å². The zero-order valence-corrected chi connectivity index (χ0v) is 12.2. The van der Waals surface area contributed by atoms with Crippen LogP contribution in [-0.4, -0.2) is 22.6 Å². The minimum atomic E-state index is -4.45. The molecule has 10 heteroatoms. The van der Waals surface area contributed by atoms with Crippen LogP contribution in [0.2, 0.25) is 0 Å². The lowest BCUT2D eigenvalue weighted by Crippen LogP contribution is -2.42. The van der Waals surface area contributed by atoms with E-state index in [1.165, 1.54) is 24.5 Å². The van der Waals surface area contributed by atoms with Crippen molar-refractivity contribution in [1.29, 1.82) is 0 Å². The van der Waals surface area contributed by atoms with Crippen LogP contribution < -0.4 is 10.9 Å². The first-order chi connectivity index (χ1) is 10.9. The maximum Gasteiger partial charge on any atom is 0.417 e. The Morgan fingerprint density at radius 3 is 2.57 bits per heavy atom. The molecule has 0 unspecified atom stereocenters. The number of nitrogens with zero attached hydrogens (tertiary/aromatic N) is 1. The van der Waals surface area contributed by atoms with Crippen LogP contribution in [0.3, 0.4) is 0 Å². The summed E-state index contributed by atoms with van der Waals surface area (Å²) >= 11 is 0.932. The molecule has 0 saturated carbocycles. The van der Waals surface area contributed by atoms with Crippen molar-refractivity contribution < 1.29 is 27.2 Å². The number of pyridine rings is 1. The second-order valence-electron chi connectivity index (χ2n) is 4.15. The van der Waals surface area contributed by atoms with Crippen LogP contribution in [-0.2, 0) is 11.0 Å². The molecule has 0 saturated heterocycles. The Bertz CT molecular complexity index is 672. The Hall–Kier alpha value is -2.49. The number of thioether (sulfide) groups is 1. The summed E-state index contributed by atoms with van der Waals surface area (Å²) in [6, 6.07) is 4.99. The van der Waals surface area contributed by atoms with E-state index < -0.39 is 23.6 Å². The molecule has 2 aromatic rings. The number of carbonyl (C=O) groups excluding carboxylic acids is 2. The highest BCUT2D eigenvalue weighted by Gasteiger charge is 2.30. The summed E-state index contributed by atoms with van der Waals surface area (Å²) in [6.07, 6.45) is -2.45. The number of hydrogen-bond donors (Lipinski definition) is 2. The molecule has 2 rings (SSSR count). The lowest BCUT2D eigenvalue weighted by molar-refractivity contribution is -0.137. The second kappa shape index (κ2) is 7.18. The molecule has 0 aliphatic rings. The van der Waals surface area contributed by atoms with E-state index in [0.29, 0.717) is 6.20 Å². The van der Waals surface area contributed by atoms with Gasteiger partial charge in [0.25, 0.3) is 0 Å². The monoisotopic (exact) mass is 345 g/mol. The Morgan fingerprint density at radius 1 is 1.22 bits per heavy atom. The van der Waals surface area contributed by atoms with Gasteiger partial charge in [-0.1, -0.05) is 11.8 Å². The molecule has 0 aliphatic heterocycles. The third-order valence-electron chi connectivity index (χ3n) is 2.48. The maximum atomic E-state index is 12.4. The molecule has 2 aromatic heterocycles. The molecule has 6 nitrogen and oxygen atoms in total. The number of halogens is 3. The first-order valence-electron chi connectivity index (χ1n) is 6.15. The molecule has 0 aromatic carbocycles. The molecular formula is C13H10F3N3O3S. The van der Waals surface area contributed by atoms with E-state index in [4.69, 9.17) is 4.42 Å². The van der Waals surface area contributed by atoms with Gasteiger partial charge >= 0.3 is 12.1 Å². The highest BCUT2D eigenvalue weighted by atomic mass is 32.2. The highest BCUT2D eigenvalue weighted by molar-refractivity contribution is 7.99. The molecule has 2 amide bonds. The molecular weight excluding hydrogens is 335 g/mol. The Labute approximate surface area is 132 Å². The summed E-state index contributed by atoms with van der Waals surface area (Å²) in [5.41, 5.74) is 3.42. The van der Waals surface area contributed by atoms with Crippen molar-refractivity contribution in [2.24, 2.45) is 0 Å². The maximum absolute atomic E-state index is 12.4. The number of rotatable bonds is 4. The minimum absolute atomic E-state index is 0.0300. The normalized spacial score (nSPS) is 11.1. The number of alkyl halides is 3. The zero-order valence-electron chi connectivity index (χ0n) is 11.4. The van der Waals surface area contributed by atoms with Crippen LogP contribution in [0.5, 0.6) is 0 Å². The largest absolute Gasteiger partial charge is 0.459 e. The van der Waals surface area contributed by atoms with Gasteiger partial charge in [-0.05, 0) is 24.3 Å². The quantitative estimate of drug-likeness (QED) is 0.656. The standard InChI is InChI=1S/C13H10F3N3O3S/c14-13(15,16)8-3-4-11(17-6-8)23-7-10(20)18-19-12(21)9-2-1-5-22-9/h1-6H,7H2,(H,18,20)(H,19,21). The van der Waals surface area contributed by atoms with Crippen LogP contribution >= 0.6 is 11.8 Å². The average Bonchev–Trinajstić information content (AvgIpc) is 3.04. The molecule has 0 radical (unpaired) electrons. The van der Waals surface area contributed by atoms with E-state index in [1.54, 1.807) is 0 Å². The third-order valence-corrected chi connectivity index (χ3v) is 3.42. The second-order valence-corrected chi connectivity index (χ2v) is 5.15. The number of carbonyl (C=O) groups is 2. The molecule has 2 heterocycles. The SMILES string of the molecule is O=C(CSc1ccc(C(F)(F)F)cn1)NNC(=O)c1ccco1. The van der Waals surface area contributed by atoms with Gasteiger partial charge < -0.3 is 4.42 Å². The van der Waals surface area contributed by atoms with Crippen molar-refractivity contribution in [3.63, 3.8) is 0 Å². The number of hydrazine groups is 1. The molecule has 0 bridgehead atoms. The van der Waals surface area contributed by atoms with E-state index in [0.717, 1.165) is 17.8 Å². The number of hydrogen-bond acceptors (Lipinski definition) is 5.